The van der Waals surface area contributed by atoms with Crippen LogP contribution >= 0.6 is 11.3 Å². The zero-order chi connectivity index (χ0) is 39.9. The molecule has 2 aromatic heterocycles. The Bertz CT molecular complexity index is 1950. The molecular formula is C28H33F3N8O12S2. The molecule has 0 radical (unpaired) electrons. The molecule has 0 bridgehead atoms. The minimum atomic E-state index is -5.19. The average Bonchev–Trinajstić information content (AvgIpc) is 3.66. The monoisotopic (exact) mass is 794 g/mol. The average molecular weight is 795 g/mol. The Morgan fingerprint density at radius 3 is 2.36 bits per heavy atom. The molecule has 3 heterocycles. The number of carbonyl (C=O) groups excluding carboxylic acids is 3. The van der Waals surface area contributed by atoms with Crippen LogP contribution in [0.4, 0.5) is 18.3 Å². The second-order valence-electron chi connectivity index (χ2n) is 11.4. The number of ether oxygens (including phenoxy) is 1. The number of carbonyl (C=O) groups is 4. The lowest BCUT2D eigenvalue weighted by Gasteiger charge is -2.50. The number of halogens is 3. The van der Waals surface area contributed by atoms with Crippen molar-refractivity contribution in [1.29, 1.82) is 0 Å². The highest BCUT2D eigenvalue weighted by molar-refractivity contribution is 7.80. The number of aryl methyl sites for hydroxylation is 2. The first kappa shape index (κ1) is 42.0. The van der Waals surface area contributed by atoms with Crippen molar-refractivity contribution >= 4 is 56.3 Å². The van der Waals surface area contributed by atoms with Gasteiger partial charge in [-0.05, 0) is 51.1 Å². The van der Waals surface area contributed by atoms with Gasteiger partial charge in [-0.1, -0.05) is 5.16 Å². The van der Waals surface area contributed by atoms with Gasteiger partial charge in [-0.3, -0.25) is 14.1 Å². The van der Waals surface area contributed by atoms with Crippen molar-refractivity contribution in [3.63, 3.8) is 0 Å². The number of hydrogen-bond acceptors (Lipinski definition) is 15. The van der Waals surface area contributed by atoms with Crippen LogP contribution in [0.1, 0.15) is 26.0 Å². The largest absolute Gasteiger partial charge is 0.542 e. The number of alkyl halides is 3. The van der Waals surface area contributed by atoms with Crippen molar-refractivity contribution in [2.24, 2.45) is 17.9 Å². The summed E-state index contributed by atoms with van der Waals surface area (Å²) in [6.07, 6.45) is -2.08. The SMILES string of the molecule is C[n+]1cn(CCCN)cc1-c1ccc(OC[C@H](O/N=C(\C(=O)N[C@@H]2C(=O)N(OS(=O)(=O)O)C2(C)C)c2csc(N)n2)C(=O)O)cc1.O=C([O-])C(F)(F)F. The minimum absolute atomic E-state index is 0.0607. The molecule has 290 valence electrons. The summed E-state index contributed by atoms with van der Waals surface area (Å²) in [5, 5.41) is 26.4. The fourth-order valence-electron chi connectivity index (χ4n) is 4.42. The number of β-lactam (4-membered cyclic amide) rings is 1. The minimum Gasteiger partial charge on any atom is -0.542 e. The summed E-state index contributed by atoms with van der Waals surface area (Å²) in [5.74, 6) is -6.12. The molecule has 1 aliphatic rings. The maximum atomic E-state index is 13.2. The Morgan fingerprint density at radius 1 is 1.25 bits per heavy atom. The quantitative estimate of drug-likeness (QED) is 0.0395. The highest BCUT2D eigenvalue weighted by Crippen LogP contribution is 2.33. The summed E-state index contributed by atoms with van der Waals surface area (Å²) < 4.78 is 76.6. The number of carboxylic acid groups (broad SMARTS) is 2. The molecule has 25 heteroatoms. The topological polar surface area (TPSA) is 295 Å². The van der Waals surface area contributed by atoms with Gasteiger partial charge in [0.2, 0.25) is 6.33 Å². The molecule has 4 rings (SSSR count). The van der Waals surface area contributed by atoms with E-state index in [1.165, 1.54) is 19.2 Å². The van der Waals surface area contributed by atoms with E-state index in [1.54, 1.807) is 12.1 Å². The lowest BCUT2D eigenvalue weighted by molar-refractivity contribution is -0.660. The third-order valence-corrected chi connectivity index (χ3v) is 8.05. The molecule has 0 aliphatic carbocycles. The Labute approximate surface area is 302 Å². The van der Waals surface area contributed by atoms with Gasteiger partial charge in [0.05, 0.1) is 19.1 Å². The number of anilines is 1. The van der Waals surface area contributed by atoms with Gasteiger partial charge in [0.15, 0.2) is 16.5 Å². The van der Waals surface area contributed by atoms with E-state index in [-0.39, 0.29) is 10.8 Å². The number of aromatic nitrogens is 3. The molecule has 1 aromatic carbocycles. The van der Waals surface area contributed by atoms with Crippen molar-refractivity contribution < 1.29 is 74.0 Å². The van der Waals surface area contributed by atoms with Crippen molar-refractivity contribution in [3.8, 4) is 17.0 Å². The molecule has 2 atom stereocenters. The van der Waals surface area contributed by atoms with Crippen molar-refractivity contribution in [1.82, 2.24) is 19.9 Å². The van der Waals surface area contributed by atoms with Crippen LogP contribution in [0.25, 0.3) is 11.3 Å². The third-order valence-electron chi connectivity index (χ3n) is 7.04. The maximum absolute atomic E-state index is 13.2. The number of hydrogen-bond donors (Lipinski definition) is 5. The van der Waals surface area contributed by atoms with Gasteiger partial charge >= 0.3 is 22.5 Å². The smallest absolute Gasteiger partial charge is 0.430 e. The number of nitrogens with one attached hydrogen (secondary N) is 1. The Hall–Kier alpha value is -5.37. The lowest BCUT2D eigenvalue weighted by atomic mass is 9.84. The first-order chi connectivity index (χ1) is 24.5. The number of benzene rings is 1. The highest BCUT2D eigenvalue weighted by atomic mass is 32.3. The summed E-state index contributed by atoms with van der Waals surface area (Å²) in [7, 11) is -3.10. The molecule has 0 saturated carbocycles. The van der Waals surface area contributed by atoms with E-state index in [4.69, 9.17) is 35.5 Å². The molecule has 1 aliphatic heterocycles. The fraction of sp³-hybridized carbons (Fsp3) is 0.393. The molecule has 0 spiro atoms. The van der Waals surface area contributed by atoms with E-state index in [0.717, 1.165) is 35.6 Å². The normalized spacial score (nSPS) is 16.2. The van der Waals surface area contributed by atoms with Gasteiger partial charge in [0, 0.05) is 10.9 Å². The van der Waals surface area contributed by atoms with Crippen LogP contribution < -0.4 is 31.2 Å². The van der Waals surface area contributed by atoms with Crippen molar-refractivity contribution in [2.75, 3.05) is 18.9 Å². The fourth-order valence-corrected chi connectivity index (χ4v) is 5.42. The number of nitrogen functional groups attached to an aromatic ring is 1. The lowest BCUT2D eigenvalue weighted by Crippen LogP contribution is -2.76. The zero-order valence-corrected chi connectivity index (χ0v) is 29.5. The first-order valence-corrected chi connectivity index (χ1v) is 17.1. The first-order valence-electron chi connectivity index (χ1n) is 14.8. The van der Waals surface area contributed by atoms with E-state index < -0.39 is 70.3 Å². The van der Waals surface area contributed by atoms with Crippen LogP contribution in [0.3, 0.4) is 0 Å². The van der Waals surface area contributed by atoms with E-state index in [2.05, 4.69) is 19.7 Å². The Balaban J connectivity index is 0.000000980. The number of carboxylic acids is 2. The molecule has 0 unspecified atom stereocenters. The molecule has 3 aromatic rings. The highest BCUT2D eigenvalue weighted by Gasteiger charge is 2.58. The van der Waals surface area contributed by atoms with Crippen molar-refractivity contribution in [3.05, 3.63) is 47.9 Å². The predicted octanol–water partition coefficient (Wildman–Crippen LogP) is -1.24. The van der Waals surface area contributed by atoms with E-state index in [1.807, 2.05) is 40.8 Å². The number of aliphatic carboxylic acids is 2. The van der Waals surface area contributed by atoms with Gasteiger partial charge in [0.1, 0.15) is 36.3 Å². The second-order valence-corrected chi connectivity index (χ2v) is 13.3. The van der Waals surface area contributed by atoms with Crippen LogP contribution in [0, 0.1) is 0 Å². The van der Waals surface area contributed by atoms with Crippen LogP contribution in [-0.2, 0) is 52.3 Å². The number of oxime groups is 1. The number of nitrogens with zero attached hydrogens (tertiary/aromatic N) is 5. The van der Waals surface area contributed by atoms with Crippen molar-refractivity contribution in [2.45, 2.75) is 50.7 Å². The number of thiazole rings is 1. The number of imidazole rings is 1. The zero-order valence-electron chi connectivity index (χ0n) is 27.8. The molecule has 7 N–H and O–H groups in total. The van der Waals surface area contributed by atoms with Crippen LogP contribution in [0.15, 0.2) is 47.3 Å². The van der Waals surface area contributed by atoms with Gasteiger partial charge in [0.25, 0.3) is 17.9 Å². The summed E-state index contributed by atoms with van der Waals surface area (Å²) in [4.78, 5) is 55.6. The molecular weight excluding hydrogens is 761 g/mol. The predicted molar refractivity (Wildman–Crippen MR) is 172 cm³/mol. The number of nitrogens with two attached hydrogens (primary N) is 2. The summed E-state index contributed by atoms with van der Waals surface area (Å²) in [6.45, 7) is 3.60. The van der Waals surface area contributed by atoms with Crippen LogP contribution in [0.2, 0.25) is 0 Å². The van der Waals surface area contributed by atoms with E-state index in [9.17, 15) is 41.1 Å². The molecule has 53 heavy (non-hydrogen) atoms. The Kier molecular flexibility index (Phi) is 13.5. The summed E-state index contributed by atoms with van der Waals surface area (Å²) >= 11 is 0.961. The van der Waals surface area contributed by atoms with Gasteiger partial charge in [-0.2, -0.15) is 26.7 Å². The third kappa shape index (κ3) is 11.3. The standard InChI is InChI=1S/C26H32N8O10S2.C2HF3O2/c1-26(2)21(23(36)34(26)44-46(39,40)41)30-22(35)20(17-13-45-25(28)29-17)31-43-19(24(37)38)12-42-16-7-5-15(6-8-16)18-11-33(10-4-9-27)14-32(18)3;3-2(4,5)1(6)7/h5-8,11,13-14,19,21H,4,9-10,12,27H2,1-3H3,(H4-,28,29,30,35,37,38,39,40,41);(H,6,7)/b31-20-;/t19-,21+;/m0./s1. The van der Waals surface area contributed by atoms with Gasteiger partial charge in [-0.25, -0.2) is 18.9 Å². The van der Waals surface area contributed by atoms with E-state index in [0.29, 0.717) is 17.4 Å². The van der Waals surface area contributed by atoms with Gasteiger partial charge < -0.3 is 41.4 Å². The summed E-state index contributed by atoms with van der Waals surface area (Å²) in [5.41, 5.74) is 11.1. The molecule has 20 nitrogen and oxygen atoms in total. The Morgan fingerprint density at radius 2 is 1.87 bits per heavy atom. The van der Waals surface area contributed by atoms with Crippen LogP contribution in [0.5, 0.6) is 5.75 Å². The number of hydroxylamine groups is 2. The molecule has 2 amide bonds. The molecule has 1 fully saturated rings. The summed E-state index contributed by atoms with van der Waals surface area (Å²) in [6, 6.07) is 5.63. The van der Waals surface area contributed by atoms with Gasteiger partial charge in [-0.15, -0.1) is 15.6 Å². The number of amides is 2. The number of rotatable bonds is 15. The van der Waals surface area contributed by atoms with Crippen LogP contribution in [-0.4, -0.2) is 99.2 Å². The maximum Gasteiger partial charge on any atom is 0.430 e. The molecule has 1 saturated heterocycles. The second kappa shape index (κ2) is 17.0. The van der Waals surface area contributed by atoms with E-state index >= 15 is 0 Å².